The third kappa shape index (κ3) is 8.54. The van der Waals surface area contributed by atoms with Crippen LogP contribution in [-0.4, -0.2) is 36.0 Å². The molecule has 0 radical (unpaired) electrons. The molecule has 5 heteroatoms. The van der Waals surface area contributed by atoms with Gasteiger partial charge >= 0.3 is 0 Å². The van der Waals surface area contributed by atoms with Gasteiger partial charge in [0.2, 0.25) is 0 Å². The molecule has 31 heavy (non-hydrogen) atoms. The third-order valence-electron chi connectivity index (χ3n) is 5.02. The van der Waals surface area contributed by atoms with E-state index in [-0.39, 0.29) is 5.82 Å². The first kappa shape index (κ1) is 26.4. The Morgan fingerprint density at radius 3 is 2.45 bits per heavy atom. The number of fused-ring (bicyclic) bond motifs is 1. The molecule has 0 spiro atoms. The van der Waals surface area contributed by atoms with Gasteiger partial charge in [-0.15, -0.1) is 0 Å². The fourth-order valence-electron chi connectivity index (χ4n) is 3.52. The van der Waals surface area contributed by atoms with E-state index in [9.17, 15) is 9.18 Å². The Morgan fingerprint density at radius 2 is 1.84 bits per heavy atom. The van der Waals surface area contributed by atoms with Crippen molar-refractivity contribution >= 4 is 17.4 Å². The monoisotopic (exact) mass is 428 g/mol. The maximum absolute atomic E-state index is 13.1. The number of nitrogens with one attached hydrogen (secondary N) is 1. The second-order valence-electron chi connectivity index (χ2n) is 6.88. The van der Waals surface area contributed by atoms with Crippen molar-refractivity contribution in [2.24, 2.45) is 0 Å². The molecule has 170 valence electrons. The van der Waals surface area contributed by atoms with Gasteiger partial charge in [0.15, 0.2) is 0 Å². The Labute approximate surface area is 186 Å². The number of hydrogen-bond acceptors (Lipinski definition) is 3. The van der Waals surface area contributed by atoms with Crippen LogP contribution in [0.5, 0.6) is 0 Å². The standard InChI is InChI=1S/C14H17FN2.C8H8O2.2C2H6/c1-17-6-2-3-12(17)7-10-9-16-14-8-11(15)4-5-13(10)14;9-7-10-6-8-4-2-1-3-5-8;2*1-2/h4-5,8-9,12,16H,2-3,6-7H2,1H3;1-5,7H,6H2;2*1-2H3. The van der Waals surface area contributed by atoms with Gasteiger partial charge in [0, 0.05) is 23.1 Å². The number of nitrogens with zero attached hydrogens (tertiary/aromatic N) is 1. The number of likely N-dealkylation sites (N-methyl/N-ethyl adjacent to an activating group) is 1. The fourth-order valence-corrected chi connectivity index (χ4v) is 3.52. The van der Waals surface area contributed by atoms with E-state index in [4.69, 9.17) is 0 Å². The topological polar surface area (TPSA) is 45.3 Å². The van der Waals surface area contributed by atoms with Gasteiger partial charge < -0.3 is 14.6 Å². The van der Waals surface area contributed by atoms with E-state index < -0.39 is 0 Å². The van der Waals surface area contributed by atoms with Gasteiger partial charge in [-0.3, -0.25) is 4.79 Å². The molecule has 1 fully saturated rings. The summed E-state index contributed by atoms with van der Waals surface area (Å²) in [6, 6.07) is 15.2. The second kappa shape index (κ2) is 15.2. The van der Waals surface area contributed by atoms with Gasteiger partial charge in [-0.2, -0.15) is 0 Å². The first-order chi connectivity index (χ1) is 15.2. The van der Waals surface area contributed by atoms with E-state index in [1.807, 2.05) is 70.3 Å². The zero-order valence-corrected chi connectivity index (χ0v) is 19.5. The molecule has 1 aliphatic heterocycles. The summed E-state index contributed by atoms with van der Waals surface area (Å²) in [5, 5.41) is 1.16. The molecule has 1 atom stereocenters. The summed E-state index contributed by atoms with van der Waals surface area (Å²) in [7, 11) is 2.19. The van der Waals surface area contributed by atoms with Gasteiger partial charge in [0.1, 0.15) is 12.4 Å². The van der Waals surface area contributed by atoms with Crippen LogP contribution < -0.4 is 0 Å². The average molecular weight is 429 g/mol. The van der Waals surface area contributed by atoms with Crippen LogP contribution >= 0.6 is 0 Å². The first-order valence-corrected chi connectivity index (χ1v) is 11.2. The number of aromatic nitrogens is 1. The lowest BCUT2D eigenvalue weighted by molar-refractivity contribution is -0.129. The molecule has 4 nitrogen and oxygen atoms in total. The summed E-state index contributed by atoms with van der Waals surface area (Å²) < 4.78 is 17.6. The van der Waals surface area contributed by atoms with Gasteiger partial charge in [-0.25, -0.2) is 4.39 Å². The molecule has 1 N–H and O–H groups in total. The molecule has 2 heterocycles. The normalized spacial score (nSPS) is 15.0. The molecule has 1 unspecified atom stereocenters. The SMILES string of the molecule is CC.CC.CN1CCCC1Cc1c[nH]c2cc(F)ccc12.O=COCc1ccccc1. The van der Waals surface area contributed by atoms with Crippen LogP contribution in [0.2, 0.25) is 0 Å². The summed E-state index contributed by atoms with van der Waals surface area (Å²) in [6.45, 7) is 10.0. The zero-order chi connectivity index (χ0) is 23.1. The quantitative estimate of drug-likeness (QED) is 0.481. The molecule has 2 aromatic carbocycles. The molecule has 0 bridgehead atoms. The van der Waals surface area contributed by atoms with Crippen molar-refractivity contribution in [1.82, 2.24) is 9.88 Å². The maximum atomic E-state index is 13.1. The number of ether oxygens (including phenoxy) is 1. The third-order valence-corrected chi connectivity index (χ3v) is 5.02. The van der Waals surface area contributed by atoms with E-state index in [1.165, 1.54) is 31.0 Å². The van der Waals surface area contributed by atoms with Crippen LogP contribution in [0.3, 0.4) is 0 Å². The number of benzene rings is 2. The second-order valence-corrected chi connectivity index (χ2v) is 6.88. The highest BCUT2D eigenvalue weighted by atomic mass is 19.1. The van der Waals surface area contributed by atoms with Gasteiger partial charge in [-0.05, 0) is 62.2 Å². The molecule has 3 aromatic rings. The van der Waals surface area contributed by atoms with Crippen molar-refractivity contribution in [1.29, 1.82) is 0 Å². The number of halogens is 1. The van der Waals surface area contributed by atoms with Crippen molar-refractivity contribution in [2.75, 3.05) is 13.6 Å². The summed E-state index contributed by atoms with van der Waals surface area (Å²) >= 11 is 0. The van der Waals surface area contributed by atoms with Crippen molar-refractivity contribution in [2.45, 2.75) is 59.6 Å². The smallest absolute Gasteiger partial charge is 0.293 e. The molecule has 1 aliphatic rings. The lowest BCUT2D eigenvalue weighted by Gasteiger charge is -2.18. The van der Waals surface area contributed by atoms with E-state index in [0.717, 1.165) is 22.9 Å². The van der Waals surface area contributed by atoms with E-state index in [1.54, 1.807) is 6.07 Å². The number of carbonyl (C=O) groups excluding carboxylic acids is 1. The predicted octanol–water partition coefficient (Wildman–Crippen LogP) is 6.36. The van der Waals surface area contributed by atoms with E-state index in [2.05, 4.69) is 21.7 Å². The minimum atomic E-state index is -0.177. The van der Waals surface area contributed by atoms with Crippen molar-refractivity contribution in [3.63, 3.8) is 0 Å². The van der Waals surface area contributed by atoms with E-state index >= 15 is 0 Å². The van der Waals surface area contributed by atoms with Gasteiger partial charge in [0.05, 0.1) is 0 Å². The van der Waals surface area contributed by atoms with E-state index in [0.29, 0.717) is 19.1 Å². The Balaban J connectivity index is 0.000000295. The number of rotatable bonds is 5. The number of carbonyl (C=O) groups is 1. The molecule has 1 aromatic heterocycles. The Kier molecular flexibility index (Phi) is 12.9. The van der Waals surface area contributed by atoms with Crippen LogP contribution in [0.1, 0.15) is 51.7 Å². The van der Waals surface area contributed by atoms with Crippen LogP contribution in [0.15, 0.2) is 54.7 Å². The predicted molar refractivity (Wildman–Crippen MR) is 128 cm³/mol. The van der Waals surface area contributed by atoms with Gasteiger partial charge in [0.25, 0.3) is 6.47 Å². The lowest BCUT2D eigenvalue weighted by atomic mass is 10.0. The number of H-pyrrole nitrogens is 1. The average Bonchev–Trinajstić information content (AvgIpc) is 3.42. The fraction of sp³-hybridized carbons (Fsp3) is 0.423. The summed E-state index contributed by atoms with van der Waals surface area (Å²) in [5.74, 6) is -0.177. The minimum Gasteiger partial charge on any atom is -0.463 e. The van der Waals surface area contributed by atoms with Crippen LogP contribution in [0.4, 0.5) is 4.39 Å². The zero-order valence-electron chi connectivity index (χ0n) is 19.5. The highest BCUT2D eigenvalue weighted by Crippen LogP contribution is 2.25. The maximum Gasteiger partial charge on any atom is 0.293 e. The molecule has 0 saturated carbocycles. The van der Waals surface area contributed by atoms with Crippen molar-refractivity contribution < 1.29 is 13.9 Å². The van der Waals surface area contributed by atoms with Crippen LogP contribution in [0, 0.1) is 5.82 Å². The number of aromatic amines is 1. The number of likely N-dealkylation sites (tertiary alicyclic amines) is 1. The van der Waals surface area contributed by atoms with Gasteiger partial charge in [-0.1, -0.05) is 58.0 Å². The highest BCUT2D eigenvalue weighted by molar-refractivity contribution is 5.83. The minimum absolute atomic E-state index is 0.177. The Bertz CT molecular complexity index is 864. The number of hydrogen-bond donors (Lipinski definition) is 1. The molecule has 4 rings (SSSR count). The summed E-state index contributed by atoms with van der Waals surface area (Å²) in [4.78, 5) is 15.3. The largest absolute Gasteiger partial charge is 0.463 e. The van der Waals surface area contributed by atoms with Crippen molar-refractivity contribution in [3.05, 3.63) is 71.7 Å². The summed E-state index contributed by atoms with van der Waals surface area (Å²) in [6.07, 6.45) is 5.64. The van der Waals surface area contributed by atoms with Crippen LogP contribution in [-0.2, 0) is 22.6 Å². The van der Waals surface area contributed by atoms with Crippen molar-refractivity contribution in [3.8, 4) is 0 Å². The highest BCUT2D eigenvalue weighted by Gasteiger charge is 2.22. The molecule has 0 amide bonds. The molecule has 1 saturated heterocycles. The molecular weight excluding hydrogens is 391 g/mol. The molecule has 0 aliphatic carbocycles. The van der Waals surface area contributed by atoms with Crippen LogP contribution in [0.25, 0.3) is 10.9 Å². The molecular formula is C26H37FN2O2. The first-order valence-electron chi connectivity index (χ1n) is 11.2. The Morgan fingerprint density at radius 1 is 1.13 bits per heavy atom. The summed E-state index contributed by atoms with van der Waals surface area (Å²) in [5.41, 5.74) is 3.22. The Hall–Kier alpha value is -2.66. The lowest BCUT2D eigenvalue weighted by Crippen LogP contribution is -2.26.